The Kier molecular flexibility index (Phi) is 5.19. The van der Waals surface area contributed by atoms with Crippen molar-refractivity contribution >= 4 is 33.2 Å². The number of thiophene rings is 1. The zero-order valence-corrected chi connectivity index (χ0v) is 10.5. The van der Waals surface area contributed by atoms with Crippen molar-refractivity contribution in [2.24, 2.45) is 0 Å². The van der Waals surface area contributed by atoms with E-state index in [9.17, 15) is 4.79 Å². The second-order valence-electron chi connectivity index (χ2n) is 3.12. The maximum atomic E-state index is 11.4. The highest BCUT2D eigenvalue weighted by atomic mass is 79.9. The van der Waals surface area contributed by atoms with Gasteiger partial charge in [0.25, 0.3) is 0 Å². The van der Waals surface area contributed by atoms with Crippen LogP contribution in [-0.4, -0.2) is 17.3 Å². The SMILES string of the molecule is CCC(Br)CNC(=O)Cc1ccsc1. The predicted octanol–water partition coefficient (Wildman–Crippen LogP) is 2.58. The highest BCUT2D eigenvalue weighted by Gasteiger charge is 2.05. The van der Waals surface area contributed by atoms with Crippen molar-refractivity contribution in [3.8, 4) is 0 Å². The average molecular weight is 276 g/mol. The summed E-state index contributed by atoms with van der Waals surface area (Å²) >= 11 is 5.09. The number of hydrogen-bond acceptors (Lipinski definition) is 2. The summed E-state index contributed by atoms with van der Waals surface area (Å²) in [6, 6.07) is 1.98. The molecule has 0 bridgehead atoms. The van der Waals surface area contributed by atoms with E-state index >= 15 is 0 Å². The van der Waals surface area contributed by atoms with Gasteiger partial charge in [0, 0.05) is 11.4 Å². The van der Waals surface area contributed by atoms with Gasteiger partial charge in [0.05, 0.1) is 6.42 Å². The van der Waals surface area contributed by atoms with Crippen LogP contribution >= 0.6 is 27.3 Å². The number of carbonyl (C=O) groups excluding carboxylic acids is 1. The van der Waals surface area contributed by atoms with Crippen molar-refractivity contribution < 1.29 is 4.79 Å². The third-order valence-corrected chi connectivity index (χ3v) is 3.61. The lowest BCUT2D eigenvalue weighted by molar-refractivity contribution is -0.120. The fourth-order valence-corrected chi connectivity index (χ4v) is 1.84. The van der Waals surface area contributed by atoms with Crippen molar-refractivity contribution in [2.45, 2.75) is 24.6 Å². The van der Waals surface area contributed by atoms with Crippen LogP contribution in [0.15, 0.2) is 16.8 Å². The molecule has 0 saturated heterocycles. The van der Waals surface area contributed by atoms with E-state index in [0.29, 0.717) is 17.8 Å². The molecule has 1 heterocycles. The van der Waals surface area contributed by atoms with Crippen LogP contribution in [0.4, 0.5) is 0 Å². The van der Waals surface area contributed by atoms with Crippen LogP contribution in [0, 0.1) is 0 Å². The van der Waals surface area contributed by atoms with Gasteiger partial charge in [-0.05, 0) is 28.8 Å². The molecule has 4 heteroatoms. The third kappa shape index (κ3) is 4.24. The smallest absolute Gasteiger partial charge is 0.224 e. The molecule has 0 aromatic carbocycles. The molecule has 2 nitrogen and oxygen atoms in total. The van der Waals surface area contributed by atoms with Crippen molar-refractivity contribution in [1.82, 2.24) is 5.32 Å². The first-order chi connectivity index (χ1) is 6.72. The van der Waals surface area contributed by atoms with Gasteiger partial charge in [-0.2, -0.15) is 11.3 Å². The van der Waals surface area contributed by atoms with E-state index < -0.39 is 0 Å². The Hall–Kier alpha value is -0.350. The van der Waals surface area contributed by atoms with Gasteiger partial charge in [-0.15, -0.1) is 0 Å². The molecule has 0 aliphatic heterocycles. The van der Waals surface area contributed by atoms with Crippen molar-refractivity contribution in [1.29, 1.82) is 0 Å². The Morgan fingerprint density at radius 1 is 1.71 bits per heavy atom. The van der Waals surface area contributed by atoms with Gasteiger partial charge in [0.1, 0.15) is 0 Å². The van der Waals surface area contributed by atoms with Gasteiger partial charge < -0.3 is 5.32 Å². The molecule has 1 unspecified atom stereocenters. The Morgan fingerprint density at radius 2 is 2.50 bits per heavy atom. The molecule has 78 valence electrons. The summed E-state index contributed by atoms with van der Waals surface area (Å²) in [6.07, 6.45) is 1.52. The average Bonchev–Trinajstić information content (AvgIpc) is 2.66. The molecule has 14 heavy (non-hydrogen) atoms. The molecule has 0 radical (unpaired) electrons. The standard InChI is InChI=1S/C10H14BrNOS/c1-2-9(11)6-12-10(13)5-8-3-4-14-7-8/h3-4,7,9H,2,5-6H2,1H3,(H,12,13). The molecular weight excluding hydrogens is 262 g/mol. The summed E-state index contributed by atoms with van der Waals surface area (Å²) in [5, 5.41) is 6.88. The summed E-state index contributed by atoms with van der Waals surface area (Å²) in [7, 11) is 0. The topological polar surface area (TPSA) is 29.1 Å². The van der Waals surface area contributed by atoms with E-state index in [1.807, 2.05) is 16.8 Å². The number of amides is 1. The molecule has 1 rings (SSSR count). The van der Waals surface area contributed by atoms with Crippen molar-refractivity contribution in [2.75, 3.05) is 6.54 Å². The maximum Gasteiger partial charge on any atom is 0.224 e. The molecule has 0 aliphatic carbocycles. The Labute approximate surface area is 96.8 Å². The fourth-order valence-electron chi connectivity index (χ4n) is 1.01. The normalized spacial score (nSPS) is 12.4. The second-order valence-corrected chi connectivity index (χ2v) is 5.19. The first-order valence-electron chi connectivity index (χ1n) is 4.64. The molecule has 1 N–H and O–H groups in total. The van der Waals surface area contributed by atoms with Crippen LogP contribution in [0.2, 0.25) is 0 Å². The number of hydrogen-bond donors (Lipinski definition) is 1. The van der Waals surface area contributed by atoms with Gasteiger partial charge in [-0.1, -0.05) is 22.9 Å². The number of alkyl halides is 1. The van der Waals surface area contributed by atoms with E-state index in [1.54, 1.807) is 11.3 Å². The van der Waals surface area contributed by atoms with Crippen LogP contribution in [0.1, 0.15) is 18.9 Å². The van der Waals surface area contributed by atoms with Crippen LogP contribution in [-0.2, 0) is 11.2 Å². The molecular formula is C10H14BrNOS. The van der Waals surface area contributed by atoms with Gasteiger partial charge >= 0.3 is 0 Å². The minimum atomic E-state index is 0.0984. The summed E-state index contributed by atoms with van der Waals surface area (Å²) in [4.78, 5) is 11.8. The highest BCUT2D eigenvalue weighted by Crippen LogP contribution is 2.07. The fraction of sp³-hybridized carbons (Fsp3) is 0.500. The van der Waals surface area contributed by atoms with E-state index in [4.69, 9.17) is 0 Å². The number of nitrogens with one attached hydrogen (secondary N) is 1. The third-order valence-electron chi connectivity index (χ3n) is 1.91. The molecule has 0 saturated carbocycles. The van der Waals surface area contributed by atoms with E-state index in [1.165, 1.54) is 0 Å². The lowest BCUT2D eigenvalue weighted by Gasteiger charge is -2.07. The molecule has 0 aliphatic rings. The van der Waals surface area contributed by atoms with Crippen LogP contribution in [0.3, 0.4) is 0 Å². The predicted molar refractivity (Wildman–Crippen MR) is 64.0 cm³/mol. The summed E-state index contributed by atoms with van der Waals surface area (Å²) in [5.74, 6) is 0.0984. The summed E-state index contributed by atoms with van der Waals surface area (Å²) < 4.78 is 0. The largest absolute Gasteiger partial charge is 0.355 e. The lowest BCUT2D eigenvalue weighted by atomic mass is 10.2. The lowest BCUT2D eigenvalue weighted by Crippen LogP contribution is -2.30. The Bertz CT molecular complexity index is 274. The number of carbonyl (C=O) groups is 1. The molecule has 0 fully saturated rings. The summed E-state index contributed by atoms with van der Waals surface area (Å²) in [6.45, 7) is 2.80. The van der Waals surface area contributed by atoms with Crippen LogP contribution in [0.5, 0.6) is 0 Å². The molecule has 0 spiro atoms. The van der Waals surface area contributed by atoms with Gasteiger partial charge in [-0.25, -0.2) is 0 Å². The monoisotopic (exact) mass is 275 g/mol. The number of rotatable bonds is 5. The highest BCUT2D eigenvalue weighted by molar-refractivity contribution is 9.09. The van der Waals surface area contributed by atoms with Gasteiger partial charge in [0.2, 0.25) is 5.91 Å². The van der Waals surface area contributed by atoms with Gasteiger partial charge in [0.15, 0.2) is 0 Å². The summed E-state index contributed by atoms with van der Waals surface area (Å²) in [5.41, 5.74) is 1.09. The minimum absolute atomic E-state index is 0.0984. The second kappa shape index (κ2) is 6.19. The van der Waals surface area contributed by atoms with Crippen molar-refractivity contribution in [3.63, 3.8) is 0 Å². The minimum Gasteiger partial charge on any atom is -0.355 e. The Balaban J connectivity index is 2.23. The quantitative estimate of drug-likeness (QED) is 0.823. The maximum absolute atomic E-state index is 11.4. The first-order valence-corrected chi connectivity index (χ1v) is 6.50. The zero-order valence-electron chi connectivity index (χ0n) is 8.13. The molecule has 1 atom stereocenters. The number of halogens is 1. The van der Waals surface area contributed by atoms with Gasteiger partial charge in [-0.3, -0.25) is 4.79 Å². The molecule has 1 aromatic heterocycles. The molecule has 1 amide bonds. The van der Waals surface area contributed by atoms with Crippen molar-refractivity contribution in [3.05, 3.63) is 22.4 Å². The zero-order chi connectivity index (χ0) is 10.4. The van der Waals surface area contributed by atoms with E-state index in [-0.39, 0.29) is 5.91 Å². The van der Waals surface area contributed by atoms with E-state index in [0.717, 1.165) is 12.0 Å². The van der Waals surface area contributed by atoms with E-state index in [2.05, 4.69) is 28.2 Å². The van der Waals surface area contributed by atoms with Crippen LogP contribution < -0.4 is 5.32 Å². The molecule has 1 aromatic rings. The van der Waals surface area contributed by atoms with Crippen LogP contribution in [0.25, 0.3) is 0 Å². The Morgan fingerprint density at radius 3 is 3.07 bits per heavy atom. The first kappa shape index (κ1) is 11.7.